The van der Waals surface area contributed by atoms with Crippen molar-refractivity contribution in [1.29, 1.82) is 0 Å². The van der Waals surface area contributed by atoms with Gasteiger partial charge < -0.3 is 17.3 Å². The fourth-order valence-electron chi connectivity index (χ4n) is 5.26. The third-order valence-corrected chi connectivity index (χ3v) is 7.56. The topological polar surface area (TPSA) is 4.44 Å². The average molecular weight is 508 g/mol. The van der Waals surface area contributed by atoms with Crippen LogP contribution in [0.15, 0.2) is 30.3 Å². The second kappa shape index (κ2) is 28.0. The molecule has 1 aromatic rings. The highest BCUT2D eigenvalue weighted by Gasteiger charge is 2.09. The lowest BCUT2D eigenvalue weighted by atomic mass is 10.0. The summed E-state index contributed by atoms with van der Waals surface area (Å²) in [4.78, 5) is 1.82. The number of quaternary nitrogens is 1. The molecule has 0 aliphatic heterocycles. The summed E-state index contributed by atoms with van der Waals surface area (Å²) in [5, 5.41) is 0. The molecule has 0 bridgehead atoms. The van der Waals surface area contributed by atoms with Crippen LogP contribution in [-0.4, -0.2) is 13.1 Å². The SMILES string of the molecule is CCCCCCCCCCCCCC[NH+](CCCCCCCCCCCC)Cc1ccccc1.[Cl-]. The molecule has 0 saturated carbocycles. The fraction of sp³-hybridized carbons (Fsp3) is 0.818. The Morgan fingerprint density at radius 3 is 1.09 bits per heavy atom. The van der Waals surface area contributed by atoms with E-state index in [-0.39, 0.29) is 12.4 Å². The molecule has 0 saturated heterocycles. The van der Waals surface area contributed by atoms with Crippen LogP contribution in [0.25, 0.3) is 0 Å². The van der Waals surface area contributed by atoms with Crippen LogP contribution >= 0.6 is 0 Å². The van der Waals surface area contributed by atoms with E-state index in [1.54, 1.807) is 0 Å². The highest BCUT2D eigenvalue weighted by atomic mass is 35.5. The maximum Gasteiger partial charge on any atom is 0.103 e. The molecule has 206 valence electrons. The molecule has 0 heterocycles. The van der Waals surface area contributed by atoms with Crippen LogP contribution in [0, 0.1) is 0 Å². The van der Waals surface area contributed by atoms with E-state index in [0.717, 1.165) is 0 Å². The molecular weight excluding hydrogens is 446 g/mol. The van der Waals surface area contributed by atoms with Gasteiger partial charge in [0.25, 0.3) is 0 Å². The van der Waals surface area contributed by atoms with E-state index in [9.17, 15) is 0 Å². The van der Waals surface area contributed by atoms with Gasteiger partial charge in [-0.15, -0.1) is 0 Å². The van der Waals surface area contributed by atoms with E-state index in [1.165, 1.54) is 166 Å². The highest BCUT2D eigenvalue weighted by molar-refractivity contribution is 5.13. The molecule has 1 N–H and O–H groups in total. The minimum atomic E-state index is 0. The van der Waals surface area contributed by atoms with Crippen LogP contribution in [0.1, 0.15) is 161 Å². The first-order valence-electron chi connectivity index (χ1n) is 15.7. The van der Waals surface area contributed by atoms with Crippen molar-refractivity contribution in [2.24, 2.45) is 0 Å². The average Bonchev–Trinajstić information content (AvgIpc) is 2.86. The second-order valence-electron chi connectivity index (χ2n) is 11.0. The van der Waals surface area contributed by atoms with Gasteiger partial charge in [-0.3, -0.25) is 0 Å². The van der Waals surface area contributed by atoms with E-state index in [0.29, 0.717) is 0 Å². The molecule has 0 fully saturated rings. The largest absolute Gasteiger partial charge is 1.00 e. The fourth-order valence-corrected chi connectivity index (χ4v) is 5.26. The third-order valence-electron chi connectivity index (χ3n) is 7.56. The van der Waals surface area contributed by atoms with Gasteiger partial charge in [0.1, 0.15) is 6.54 Å². The number of benzene rings is 1. The Labute approximate surface area is 227 Å². The molecule has 35 heavy (non-hydrogen) atoms. The van der Waals surface area contributed by atoms with Crippen molar-refractivity contribution < 1.29 is 17.3 Å². The minimum absolute atomic E-state index is 0. The Kier molecular flexibility index (Phi) is 27.6. The van der Waals surface area contributed by atoms with E-state index < -0.39 is 0 Å². The standard InChI is InChI=1S/C33H61N.ClH/c1-3-5-7-9-11-13-15-16-18-20-22-27-31-34(32-33-28-24-23-25-29-33)30-26-21-19-17-14-12-10-8-6-4-2;/h23-25,28-29H,3-22,26-27,30-32H2,1-2H3;1H. The number of halogens is 1. The molecule has 0 aromatic heterocycles. The predicted molar refractivity (Wildman–Crippen MR) is 154 cm³/mol. The molecule has 2 heteroatoms. The highest BCUT2D eigenvalue weighted by Crippen LogP contribution is 2.12. The van der Waals surface area contributed by atoms with Crippen LogP contribution in [0.3, 0.4) is 0 Å². The van der Waals surface area contributed by atoms with Crippen molar-refractivity contribution in [1.82, 2.24) is 0 Å². The smallest absolute Gasteiger partial charge is 0.103 e. The summed E-state index contributed by atoms with van der Waals surface area (Å²) in [6, 6.07) is 11.2. The van der Waals surface area contributed by atoms with Gasteiger partial charge in [-0.1, -0.05) is 160 Å². The summed E-state index contributed by atoms with van der Waals surface area (Å²) in [6.45, 7) is 8.56. The van der Waals surface area contributed by atoms with Crippen molar-refractivity contribution in [3.05, 3.63) is 35.9 Å². The first kappa shape index (κ1) is 34.5. The van der Waals surface area contributed by atoms with E-state index in [2.05, 4.69) is 44.2 Å². The van der Waals surface area contributed by atoms with Crippen molar-refractivity contribution >= 4 is 0 Å². The van der Waals surface area contributed by atoms with E-state index >= 15 is 0 Å². The predicted octanol–water partition coefficient (Wildman–Crippen LogP) is 6.70. The number of nitrogens with one attached hydrogen (secondary N) is 1. The summed E-state index contributed by atoms with van der Waals surface area (Å²) in [5.74, 6) is 0. The van der Waals surface area contributed by atoms with E-state index in [4.69, 9.17) is 0 Å². The van der Waals surface area contributed by atoms with Crippen molar-refractivity contribution in [3.63, 3.8) is 0 Å². The lowest BCUT2D eigenvalue weighted by Gasteiger charge is -2.20. The van der Waals surface area contributed by atoms with Gasteiger partial charge in [0.2, 0.25) is 0 Å². The third kappa shape index (κ3) is 23.6. The van der Waals surface area contributed by atoms with E-state index in [1.807, 2.05) is 4.90 Å². The molecule has 0 aliphatic rings. The normalized spacial score (nSPS) is 11.9. The zero-order valence-corrected chi connectivity index (χ0v) is 24.7. The van der Waals surface area contributed by atoms with Crippen LogP contribution < -0.4 is 17.3 Å². The first-order chi connectivity index (χ1) is 16.9. The zero-order chi connectivity index (χ0) is 24.4. The van der Waals surface area contributed by atoms with Crippen molar-refractivity contribution in [2.45, 2.75) is 162 Å². The summed E-state index contributed by atoms with van der Waals surface area (Å²) < 4.78 is 0. The van der Waals surface area contributed by atoms with Gasteiger partial charge in [-0.25, -0.2) is 0 Å². The molecule has 0 amide bonds. The molecular formula is C33H62ClN. The Morgan fingerprint density at radius 2 is 0.743 bits per heavy atom. The molecule has 0 radical (unpaired) electrons. The quantitative estimate of drug-likeness (QED) is 0.133. The zero-order valence-electron chi connectivity index (χ0n) is 23.9. The summed E-state index contributed by atoms with van der Waals surface area (Å²) in [6.07, 6.45) is 31.7. The Morgan fingerprint density at radius 1 is 0.429 bits per heavy atom. The minimum Gasteiger partial charge on any atom is -1.00 e. The Bertz CT molecular complexity index is 503. The number of hydrogen-bond acceptors (Lipinski definition) is 0. The Hall–Kier alpha value is -0.530. The molecule has 1 atom stereocenters. The van der Waals surface area contributed by atoms with Gasteiger partial charge in [-0.05, 0) is 25.7 Å². The summed E-state index contributed by atoms with van der Waals surface area (Å²) >= 11 is 0. The van der Waals surface area contributed by atoms with Gasteiger partial charge in [-0.2, -0.15) is 0 Å². The summed E-state index contributed by atoms with van der Waals surface area (Å²) in [5.41, 5.74) is 1.52. The molecule has 1 rings (SSSR count). The van der Waals surface area contributed by atoms with Crippen LogP contribution in [0.5, 0.6) is 0 Å². The Balaban J connectivity index is 0.0000116. The summed E-state index contributed by atoms with van der Waals surface area (Å²) in [7, 11) is 0. The van der Waals surface area contributed by atoms with Gasteiger partial charge in [0.05, 0.1) is 13.1 Å². The monoisotopic (exact) mass is 507 g/mol. The molecule has 1 aromatic carbocycles. The van der Waals surface area contributed by atoms with Gasteiger partial charge in [0, 0.05) is 5.56 Å². The first-order valence-corrected chi connectivity index (χ1v) is 15.7. The van der Waals surface area contributed by atoms with Crippen LogP contribution in [0.4, 0.5) is 0 Å². The van der Waals surface area contributed by atoms with Crippen LogP contribution in [-0.2, 0) is 6.54 Å². The maximum atomic E-state index is 2.32. The molecule has 1 nitrogen and oxygen atoms in total. The molecule has 1 unspecified atom stereocenters. The number of unbranched alkanes of at least 4 members (excludes halogenated alkanes) is 20. The van der Waals surface area contributed by atoms with Crippen LogP contribution in [0.2, 0.25) is 0 Å². The number of rotatable bonds is 26. The lowest BCUT2D eigenvalue weighted by Crippen LogP contribution is -3.10. The van der Waals surface area contributed by atoms with Crippen molar-refractivity contribution in [2.75, 3.05) is 13.1 Å². The van der Waals surface area contributed by atoms with Gasteiger partial charge in [0.15, 0.2) is 0 Å². The second-order valence-corrected chi connectivity index (χ2v) is 11.0. The van der Waals surface area contributed by atoms with Crippen molar-refractivity contribution in [3.8, 4) is 0 Å². The lowest BCUT2D eigenvalue weighted by molar-refractivity contribution is -0.914. The number of hydrogen-bond donors (Lipinski definition) is 1. The maximum absolute atomic E-state index is 2.32. The molecule has 0 aliphatic carbocycles. The molecule has 0 spiro atoms. The van der Waals surface area contributed by atoms with Gasteiger partial charge >= 0.3 is 0 Å².